The van der Waals surface area contributed by atoms with Gasteiger partial charge in [-0.25, -0.2) is 4.79 Å². The largest absolute Gasteiger partial charge is 0.502 e. The lowest BCUT2D eigenvalue weighted by molar-refractivity contribution is -0.131. The summed E-state index contributed by atoms with van der Waals surface area (Å²) in [5, 5.41) is 16.2. The molecule has 0 aromatic rings. The van der Waals surface area contributed by atoms with Gasteiger partial charge in [-0.15, -0.1) is 0 Å². The zero-order valence-corrected chi connectivity index (χ0v) is 10.2. The van der Waals surface area contributed by atoms with Gasteiger partial charge in [-0.05, 0) is 0 Å². The zero-order chi connectivity index (χ0) is 12.3. The van der Waals surface area contributed by atoms with Gasteiger partial charge in [0.25, 0.3) is 0 Å². The topological polar surface area (TPSA) is 85.2 Å². The number of rotatable bonds is 6. The molecule has 0 atom stereocenters. The smallest absolute Gasteiger partial charge is 0.478 e. The van der Waals surface area contributed by atoms with Crippen molar-refractivity contribution in [1.29, 1.82) is 0 Å². The third-order valence-electron chi connectivity index (χ3n) is 1.53. The van der Waals surface area contributed by atoms with E-state index in [0.29, 0.717) is 6.04 Å². The third kappa shape index (κ3) is 8.27. The Labute approximate surface area is 90.5 Å². The van der Waals surface area contributed by atoms with Crippen LogP contribution in [0.3, 0.4) is 0 Å². The van der Waals surface area contributed by atoms with Crippen LogP contribution in [0.25, 0.3) is 0 Å². The Morgan fingerprint density at radius 2 is 1.67 bits per heavy atom. The summed E-state index contributed by atoms with van der Waals surface area (Å²) in [6, 6.07) is 0.441. The van der Waals surface area contributed by atoms with Crippen molar-refractivity contribution in [1.82, 2.24) is 0 Å². The van der Waals surface area contributed by atoms with E-state index in [0.717, 1.165) is 6.08 Å². The first kappa shape index (κ1) is 16.7. The molecule has 0 aliphatic heterocycles. The average molecular weight is 238 g/mol. The Balaban J connectivity index is 0. The summed E-state index contributed by atoms with van der Waals surface area (Å²) in [4.78, 5) is 9.25. The van der Waals surface area contributed by atoms with Crippen LogP contribution in [-0.4, -0.2) is 52.9 Å². The van der Waals surface area contributed by atoms with Crippen LogP contribution in [0.1, 0.15) is 0 Å². The van der Waals surface area contributed by atoms with Gasteiger partial charge in [-0.3, -0.25) is 0 Å². The summed E-state index contributed by atoms with van der Waals surface area (Å²) < 4.78 is 15.0. The van der Waals surface area contributed by atoms with Gasteiger partial charge < -0.3 is 23.5 Å². The predicted octanol–water partition coefficient (Wildman–Crippen LogP) is 0.114. The van der Waals surface area contributed by atoms with Crippen molar-refractivity contribution in [3.63, 3.8) is 0 Å². The Morgan fingerprint density at radius 3 is 1.73 bits per heavy atom. The fourth-order valence-corrected chi connectivity index (χ4v) is 2.08. The van der Waals surface area contributed by atoms with Gasteiger partial charge in [0, 0.05) is 40.1 Å². The molecule has 0 heterocycles. The minimum atomic E-state index is -2.47. The molecular formula is C8H18O6Si. The molecule has 0 saturated heterocycles. The molecule has 0 aromatic carbocycles. The zero-order valence-electron chi connectivity index (χ0n) is 9.23. The highest BCUT2D eigenvalue weighted by molar-refractivity contribution is 6.60. The van der Waals surface area contributed by atoms with Crippen molar-refractivity contribution >= 4 is 14.8 Å². The predicted molar refractivity (Wildman–Crippen MR) is 56.5 cm³/mol. The van der Waals surface area contributed by atoms with Crippen LogP contribution in [0.2, 0.25) is 6.04 Å². The van der Waals surface area contributed by atoms with E-state index in [4.69, 9.17) is 23.5 Å². The third-order valence-corrected chi connectivity index (χ3v) is 4.23. The highest BCUT2D eigenvalue weighted by Gasteiger charge is 2.36. The number of aliphatic hydroxyl groups is 1. The van der Waals surface area contributed by atoms with E-state index < -0.39 is 14.8 Å². The van der Waals surface area contributed by atoms with Crippen LogP contribution >= 0.6 is 0 Å². The molecule has 0 saturated carbocycles. The molecule has 0 unspecified atom stereocenters. The standard InChI is InChI=1S/C5H14O4Si.C3H4O2/c1-7-10(8-2,9-3)5-4-6;1-2-3(4)5/h6H,4-5H2,1-3H3;2H,1H2,(H,4,5). The van der Waals surface area contributed by atoms with Crippen LogP contribution in [0, 0.1) is 0 Å². The summed E-state index contributed by atoms with van der Waals surface area (Å²) in [6.07, 6.45) is 0.833. The number of aliphatic carboxylic acids is 1. The lowest BCUT2D eigenvalue weighted by Gasteiger charge is -2.22. The molecule has 7 heteroatoms. The first-order valence-electron chi connectivity index (χ1n) is 4.13. The molecule has 0 spiro atoms. The van der Waals surface area contributed by atoms with Crippen LogP contribution in [0.5, 0.6) is 0 Å². The second-order valence-corrected chi connectivity index (χ2v) is 5.40. The summed E-state index contributed by atoms with van der Waals surface area (Å²) in [7, 11) is 2.10. The van der Waals surface area contributed by atoms with Gasteiger partial charge >= 0.3 is 14.8 Å². The van der Waals surface area contributed by atoms with Gasteiger partial charge in [0.2, 0.25) is 0 Å². The van der Waals surface area contributed by atoms with E-state index in [1.54, 1.807) is 0 Å². The molecule has 0 radical (unpaired) electrons. The maximum Gasteiger partial charge on any atom is 0.502 e. The Hall–Kier alpha value is -0.733. The summed E-state index contributed by atoms with van der Waals surface area (Å²) >= 11 is 0. The minimum Gasteiger partial charge on any atom is -0.478 e. The van der Waals surface area contributed by atoms with Gasteiger partial charge in [0.15, 0.2) is 0 Å². The van der Waals surface area contributed by atoms with Gasteiger partial charge in [-0.1, -0.05) is 6.58 Å². The lowest BCUT2D eigenvalue weighted by atomic mass is 10.7. The SMILES string of the molecule is C=CC(=O)O.CO[Si](CCO)(OC)OC. The highest BCUT2D eigenvalue weighted by Crippen LogP contribution is 2.10. The molecule has 0 rings (SSSR count). The van der Waals surface area contributed by atoms with Crippen LogP contribution in [-0.2, 0) is 18.1 Å². The Kier molecular flexibility index (Phi) is 10.9. The number of carbonyl (C=O) groups is 1. The van der Waals surface area contributed by atoms with Gasteiger partial charge in [-0.2, -0.15) is 0 Å². The van der Waals surface area contributed by atoms with Crippen molar-refractivity contribution < 1.29 is 28.3 Å². The van der Waals surface area contributed by atoms with E-state index in [1.807, 2.05) is 0 Å². The fraction of sp³-hybridized carbons (Fsp3) is 0.625. The van der Waals surface area contributed by atoms with E-state index in [-0.39, 0.29) is 6.61 Å². The molecule has 0 aromatic heterocycles. The van der Waals surface area contributed by atoms with Gasteiger partial charge in [0.1, 0.15) is 0 Å². The van der Waals surface area contributed by atoms with E-state index in [1.165, 1.54) is 21.3 Å². The molecule has 90 valence electrons. The molecule has 0 fully saturated rings. The number of hydrogen-bond acceptors (Lipinski definition) is 5. The van der Waals surface area contributed by atoms with E-state index in [9.17, 15) is 4.79 Å². The summed E-state index contributed by atoms with van der Waals surface area (Å²) in [5.74, 6) is -0.981. The van der Waals surface area contributed by atoms with E-state index in [2.05, 4.69) is 6.58 Å². The normalized spacial score (nSPS) is 10.1. The summed E-state index contributed by atoms with van der Waals surface area (Å²) in [6.45, 7) is 2.99. The number of aliphatic hydroxyl groups excluding tert-OH is 1. The molecular weight excluding hydrogens is 220 g/mol. The van der Waals surface area contributed by atoms with Crippen LogP contribution in [0.15, 0.2) is 12.7 Å². The van der Waals surface area contributed by atoms with Gasteiger partial charge in [0.05, 0.1) is 0 Å². The summed E-state index contributed by atoms with van der Waals surface area (Å²) in [5.41, 5.74) is 0. The lowest BCUT2D eigenvalue weighted by Crippen LogP contribution is -2.43. The fourth-order valence-electron chi connectivity index (χ4n) is 0.693. The molecule has 0 aliphatic carbocycles. The number of carboxylic acid groups (broad SMARTS) is 1. The number of carboxylic acids is 1. The Bertz CT molecular complexity index is 172. The first-order valence-corrected chi connectivity index (χ1v) is 6.06. The van der Waals surface area contributed by atoms with Crippen molar-refractivity contribution in [2.24, 2.45) is 0 Å². The average Bonchev–Trinajstić information content (AvgIpc) is 2.27. The molecule has 15 heavy (non-hydrogen) atoms. The molecule has 6 nitrogen and oxygen atoms in total. The first-order chi connectivity index (χ1) is 7.01. The van der Waals surface area contributed by atoms with Crippen LogP contribution < -0.4 is 0 Å². The monoisotopic (exact) mass is 238 g/mol. The second-order valence-electron chi connectivity index (χ2n) is 2.31. The van der Waals surface area contributed by atoms with Crippen molar-refractivity contribution in [2.75, 3.05) is 27.9 Å². The van der Waals surface area contributed by atoms with E-state index >= 15 is 0 Å². The second kappa shape index (κ2) is 9.81. The maximum atomic E-state index is 9.25. The van der Waals surface area contributed by atoms with Crippen molar-refractivity contribution in [2.45, 2.75) is 6.04 Å². The highest BCUT2D eigenvalue weighted by atomic mass is 28.4. The quantitative estimate of drug-likeness (QED) is 0.505. The van der Waals surface area contributed by atoms with Crippen molar-refractivity contribution in [3.05, 3.63) is 12.7 Å². The Morgan fingerprint density at radius 1 is 1.33 bits per heavy atom. The molecule has 2 N–H and O–H groups in total. The van der Waals surface area contributed by atoms with Crippen LogP contribution in [0.4, 0.5) is 0 Å². The minimum absolute atomic E-state index is 0.0295. The number of hydrogen-bond donors (Lipinski definition) is 2. The maximum absolute atomic E-state index is 9.25. The molecule has 0 bridgehead atoms. The van der Waals surface area contributed by atoms with Crippen molar-refractivity contribution in [3.8, 4) is 0 Å². The molecule has 0 amide bonds. The molecule has 0 aliphatic rings.